The third-order valence-corrected chi connectivity index (χ3v) is 3.35. The van der Waals surface area contributed by atoms with Crippen LogP contribution in [0.1, 0.15) is 32.1 Å². The van der Waals surface area contributed by atoms with Gasteiger partial charge in [-0.1, -0.05) is 6.42 Å². The molecule has 0 aromatic heterocycles. The standard InChI is InChI=1S/C12H22O6/c13-6-8(14)10(16)12(18)11(17)9(15)7-4-2-1-3-5-7/h8,10-18H,1-6H2/t8-,10-,11-,12+/m1/s1. The summed E-state index contributed by atoms with van der Waals surface area (Å²) >= 11 is 0. The van der Waals surface area contributed by atoms with E-state index >= 15 is 0 Å². The van der Waals surface area contributed by atoms with Crippen molar-refractivity contribution in [2.45, 2.75) is 56.5 Å². The Morgan fingerprint density at radius 2 is 1.50 bits per heavy atom. The summed E-state index contributed by atoms with van der Waals surface area (Å²) in [6.07, 6.45) is -2.41. The molecule has 1 aliphatic rings. The van der Waals surface area contributed by atoms with E-state index in [1.807, 2.05) is 0 Å². The molecule has 0 aromatic rings. The Hall–Kier alpha value is -0.660. The van der Waals surface area contributed by atoms with Gasteiger partial charge in [0, 0.05) is 0 Å². The molecule has 0 saturated heterocycles. The lowest BCUT2D eigenvalue weighted by molar-refractivity contribution is -0.113. The molecule has 0 radical (unpaired) electrons. The van der Waals surface area contributed by atoms with E-state index in [9.17, 15) is 20.4 Å². The van der Waals surface area contributed by atoms with Gasteiger partial charge in [-0.3, -0.25) is 0 Å². The fourth-order valence-corrected chi connectivity index (χ4v) is 2.13. The quantitative estimate of drug-likeness (QED) is 0.361. The zero-order valence-corrected chi connectivity index (χ0v) is 10.2. The zero-order valence-electron chi connectivity index (χ0n) is 10.2. The van der Waals surface area contributed by atoms with Crippen LogP contribution in [0.25, 0.3) is 0 Å². The largest absolute Gasteiger partial charge is 0.509 e. The number of rotatable bonds is 5. The number of hydrogen-bond donors (Lipinski definition) is 6. The fourth-order valence-electron chi connectivity index (χ4n) is 2.13. The Bertz CT molecular complexity index is 282. The maximum Gasteiger partial charge on any atom is 0.139 e. The van der Waals surface area contributed by atoms with Gasteiger partial charge >= 0.3 is 0 Å². The van der Waals surface area contributed by atoms with Crippen LogP contribution in [0.5, 0.6) is 0 Å². The van der Waals surface area contributed by atoms with Gasteiger partial charge in [0.05, 0.1) is 6.61 Å². The van der Waals surface area contributed by atoms with Crippen LogP contribution >= 0.6 is 0 Å². The molecule has 4 atom stereocenters. The molecule has 6 nitrogen and oxygen atoms in total. The summed E-state index contributed by atoms with van der Waals surface area (Å²) in [5, 5.41) is 56.5. The van der Waals surface area contributed by atoms with Gasteiger partial charge in [0.2, 0.25) is 0 Å². The van der Waals surface area contributed by atoms with Gasteiger partial charge in [-0.25, -0.2) is 0 Å². The van der Waals surface area contributed by atoms with Crippen molar-refractivity contribution in [2.75, 3.05) is 6.61 Å². The van der Waals surface area contributed by atoms with Crippen molar-refractivity contribution in [2.24, 2.45) is 0 Å². The molecule has 106 valence electrons. The molecule has 0 heterocycles. The average Bonchev–Trinajstić information content (AvgIpc) is 2.44. The molecule has 0 aliphatic heterocycles. The highest BCUT2D eigenvalue weighted by molar-refractivity contribution is 5.15. The minimum absolute atomic E-state index is 0.327. The summed E-state index contributed by atoms with van der Waals surface area (Å²) in [5.41, 5.74) is 0.679. The molecule has 0 amide bonds. The fraction of sp³-hybridized carbons (Fsp3) is 0.833. The van der Waals surface area contributed by atoms with Crippen LogP contribution in [0.4, 0.5) is 0 Å². The molecule has 0 bridgehead atoms. The van der Waals surface area contributed by atoms with Crippen LogP contribution in [0.2, 0.25) is 0 Å². The molecule has 1 rings (SSSR count). The van der Waals surface area contributed by atoms with E-state index in [0.29, 0.717) is 18.4 Å². The lowest BCUT2D eigenvalue weighted by atomic mass is 9.91. The van der Waals surface area contributed by atoms with Crippen molar-refractivity contribution in [1.29, 1.82) is 0 Å². The van der Waals surface area contributed by atoms with Crippen LogP contribution in [-0.2, 0) is 0 Å². The van der Waals surface area contributed by atoms with Crippen molar-refractivity contribution in [1.82, 2.24) is 0 Å². The smallest absolute Gasteiger partial charge is 0.139 e. The highest BCUT2D eigenvalue weighted by atomic mass is 16.4. The van der Waals surface area contributed by atoms with Crippen LogP contribution in [0, 0.1) is 0 Å². The van der Waals surface area contributed by atoms with Crippen LogP contribution in [0.3, 0.4) is 0 Å². The second-order valence-corrected chi connectivity index (χ2v) is 4.73. The lowest BCUT2D eigenvalue weighted by Crippen LogP contribution is -2.46. The van der Waals surface area contributed by atoms with Gasteiger partial charge in [0.1, 0.15) is 30.2 Å². The summed E-state index contributed by atoms with van der Waals surface area (Å²) in [7, 11) is 0. The van der Waals surface area contributed by atoms with E-state index < -0.39 is 31.0 Å². The number of aliphatic hydroxyl groups is 6. The van der Waals surface area contributed by atoms with Crippen LogP contribution in [-0.4, -0.2) is 61.7 Å². The Balaban J connectivity index is 2.70. The molecule has 0 unspecified atom stereocenters. The Kier molecular flexibility index (Phi) is 6.04. The maximum absolute atomic E-state index is 9.83. The van der Waals surface area contributed by atoms with E-state index in [4.69, 9.17) is 10.2 Å². The van der Waals surface area contributed by atoms with Gasteiger partial charge in [-0.15, -0.1) is 0 Å². The van der Waals surface area contributed by atoms with Gasteiger partial charge in [-0.05, 0) is 31.3 Å². The predicted molar refractivity (Wildman–Crippen MR) is 63.9 cm³/mol. The van der Waals surface area contributed by atoms with E-state index in [2.05, 4.69) is 0 Å². The monoisotopic (exact) mass is 262 g/mol. The molecule has 6 N–H and O–H groups in total. The van der Waals surface area contributed by atoms with Crippen molar-refractivity contribution in [3.05, 3.63) is 11.3 Å². The van der Waals surface area contributed by atoms with E-state index in [1.165, 1.54) is 0 Å². The van der Waals surface area contributed by atoms with Crippen molar-refractivity contribution >= 4 is 0 Å². The summed E-state index contributed by atoms with van der Waals surface area (Å²) in [6, 6.07) is 0. The van der Waals surface area contributed by atoms with Gasteiger partial charge in [0.15, 0.2) is 0 Å². The molecule has 18 heavy (non-hydrogen) atoms. The summed E-state index contributed by atoms with van der Waals surface area (Å²) < 4.78 is 0. The van der Waals surface area contributed by atoms with Crippen LogP contribution in [0.15, 0.2) is 11.3 Å². The van der Waals surface area contributed by atoms with E-state index in [-0.39, 0.29) is 5.76 Å². The molecule has 1 saturated carbocycles. The topological polar surface area (TPSA) is 121 Å². The second kappa shape index (κ2) is 7.06. The minimum atomic E-state index is -1.73. The first-order valence-electron chi connectivity index (χ1n) is 6.23. The first-order valence-corrected chi connectivity index (χ1v) is 6.23. The number of aliphatic hydroxyl groups excluding tert-OH is 6. The first kappa shape index (κ1) is 15.4. The van der Waals surface area contributed by atoms with Gasteiger partial charge in [0.25, 0.3) is 0 Å². The summed E-state index contributed by atoms with van der Waals surface area (Å²) in [4.78, 5) is 0. The molecule has 1 fully saturated rings. The number of hydrogen-bond acceptors (Lipinski definition) is 6. The third-order valence-electron chi connectivity index (χ3n) is 3.35. The highest BCUT2D eigenvalue weighted by Crippen LogP contribution is 2.27. The predicted octanol–water partition coefficient (Wildman–Crippen LogP) is -0.801. The Morgan fingerprint density at radius 1 is 0.944 bits per heavy atom. The molecule has 0 spiro atoms. The molecular weight excluding hydrogens is 240 g/mol. The van der Waals surface area contributed by atoms with E-state index in [0.717, 1.165) is 19.3 Å². The molecular formula is C12H22O6. The molecule has 0 aromatic carbocycles. The minimum Gasteiger partial charge on any atom is -0.509 e. The molecule has 6 heteroatoms. The average molecular weight is 262 g/mol. The normalized spacial score (nSPS) is 23.3. The first-order chi connectivity index (χ1) is 8.49. The van der Waals surface area contributed by atoms with Gasteiger partial charge in [-0.2, -0.15) is 0 Å². The second-order valence-electron chi connectivity index (χ2n) is 4.73. The maximum atomic E-state index is 9.83. The van der Waals surface area contributed by atoms with Crippen molar-refractivity contribution in [3.8, 4) is 0 Å². The van der Waals surface area contributed by atoms with Crippen molar-refractivity contribution < 1.29 is 30.6 Å². The van der Waals surface area contributed by atoms with Crippen molar-refractivity contribution in [3.63, 3.8) is 0 Å². The van der Waals surface area contributed by atoms with E-state index in [1.54, 1.807) is 0 Å². The SMILES string of the molecule is OC[C@@H](O)[C@@H](O)[C@H](O)[C@H](O)C(O)=C1CCCCC1. The lowest BCUT2D eigenvalue weighted by Gasteiger charge is -2.27. The highest BCUT2D eigenvalue weighted by Gasteiger charge is 2.33. The third kappa shape index (κ3) is 3.66. The Morgan fingerprint density at radius 3 is 2.00 bits per heavy atom. The molecule has 1 aliphatic carbocycles. The Labute approximate surface area is 106 Å². The number of allylic oxidation sites excluding steroid dienone is 1. The van der Waals surface area contributed by atoms with Crippen LogP contribution < -0.4 is 0 Å². The zero-order chi connectivity index (χ0) is 13.7. The summed E-state index contributed by atoms with van der Waals surface area (Å²) in [6.45, 7) is -0.734. The van der Waals surface area contributed by atoms with Gasteiger partial charge < -0.3 is 30.6 Å². The summed E-state index contributed by atoms with van der Waals surface area (Å²) in [5.74, 6) is -0.327.